The molecule has 5 rings (SSSR count). The zero-order valence-corrected chi connectivity index (χ0v) is 15.4. The normalized spacial score (nSPS) is 11.3. The summed E-state index contributed by atoms with van der Waals surface area (Å²) in [5.74, 6) is 0. The molecule has 7 heteroatoms. The first-order valence-electron chi connectivity index (χ1n) is 8.73. The summed E-state index contributed by atoms with van der Waals surface area (Å²) in [6, 6.07) is 19.3. The van der Waals surface area contributed by atoms with Crippen molar-refractivity contribution >= 4 is 33.5 Å². The molecule has 0 fully saturated rings. The van der Waals surface area contributed by atoms with E-state index in [0.29, 0.717) is 16.2 Å². The van der Waals surface area contributed by atoms with Crippen molar-refractivity contribution in [3.8, 4) is 5.69 Å². The Morgan fingerprint density at radius 1 is 1.00 bits per heavy atom. The van der Waals surface area contributed by atoms with Gasteiger partial charge in [-0.15, -0.1) is 0 Å². The molecule has 136 valence electrons. The van der Waals surface area contributed by atoms with Crippen LogP contribution in [-0.4, -0.2) is 24.3 Å². The molecule has 0 N–H and O–H groups in total. The van der Waals surface area contributed by atoms with Gasteiger partial charge >= 0.3 is 0 Å². The number of fused-ring (bicyclic) bond motifs is 2. The number of benzene rings is 2. The summed E-state index contributed by atoms with van der Waals surface area (Å²) in [6.45, 7) is 0.287. The fourth-order valence-corrected chi connectivity index (χ4v) is 3.46. The quantitative estimate of drug-likeness (QED) is 0.441. The minimum absolute atomic E-state index is 0.170. The highest BCUT2D eigenvalue weighted by Gasteiger charge is 2.13. The van der Waals surface area contributed by atoms with Crippen LogP contribution in [0.1, 0.15) is 5.56 Å². The van der Waals surface area contributed by atoms with E-state index in [0.717, 1.165) is 22.2 Å². The summed E-state index contributed by atoms with van der Waals surface area (Å²) >= 11 is 6.34. The lowest BCUT2D eigenvalue weighted by Crippen LogP contribution is -2.21. The van der Waals surface area contributed by atoms with E-state index < -0.39 is 0 Å². The van der Waals surface area contributed by atoms with Gasteiger partial charge in [0.2, 0.25) is 0 Å². The molecule has 0 saturated heterocycles. The van der Waals surface area contributed by atoms with Crippen molar-refractivity contribution in [2.24, 2.45) is 0 Å². The van der Waals surface area contributed by atoms with Crippen molar-refractivity contribution < 1.29 is 0 Å². The van der Waals surface area contributed by atoms with Gasteiger partial charge in [0.15, 0.2) is 5.65 Å². The van der Waals surface area contributed by atoms with Gasteiger partial charge in [-0.05, 0) is 24.3 Å². The van der Waals surface area contributed by atoms with E-state index in [2.05, 4.69) is 15.1 Å². The summed E-state index contributed by atoms with van der Waals surface area (Å²) in [7, 11) is 0. The summed E-state index contributed by atoms with van der Waals surface area (Å²) < 4.78 is 3.18. The van der Waals surface area contributed by atoms with Gasteiger partial charge in [0.05, 0.1) is 23.9 Å². The van der Waals surface area contributed by atoms with Crippen LogP contribution in [0.25, 0.3) is 27.6 Å². The maximum atomic E-state index is 13.0. The molecule has 3 aromatic heterocycles. The van der Waals surface area contributed by atoms with Gasteiger partial charge in [0, 0.05) is 10.9 Å². The van der Waals surface area contributed by atoms with Crippen LogP contribution < -0.4 is 5.56 Å². The fourth-order valence-electron chi connectivity index (χ4n) is 3.25. The number of hydrogen-bond acceptors (Lipinski definition) is 4. The number of pyridine rings is 1. The molecule has 0 bridgehead atoms. The third-order valence-corrected chi connectivity index (χ3v) is 4.97. The van der Waals surface area contributed by atoms with Crippen molar-refractivity contribution in [3.63, 3.8) is 0 Å². The molecule has 6 nitrogen and oxygen atoms in total. The second-order valence-electron chi connectivity index (χ2n) is 6.44. The van der Waals surface area contributed by atoms with E-state index >= 15 is 0 Å². The Labute approximate surface area is 164 Å². The van der Waals surface area contributed by atoms with Gasteiger partial charge in [0.1, 0.15) is 16.9 Å². The van der Waals surface area contributed by atoms with E-state index in [1.54, 1.807) is 10.9 Å². The van der Waals surface area contributed by atoms with Crippen LogP contribution in [0.2, 0.25) is 5.15 Å². The summed E-state index contributed by atoms with van der Waals surface area (Å²) in [6.07, 6.45) is 3.08. The number of hydrogen-bond donors (Lipinski definition) is 0. The van der Waals surface area contributed by atoms with Crippen molar-refractivity contribution in [2.45, 2.75) is 6.54 Å². The lowest BCUT2D eigenvalue weighted by molar-refractivity contribution is 0.744. The van der Waals surface area contributed by atoms with Gasteiger partial charge in [-0.25, -0.2) is 14.6 Å². The molecule has 0 spiro atoms. The van der Waals surface area contributed by atoms with Crippen LogP contribution in [0.4, 0.5) is 0 Å². The van der Waals surface area contributed by atoms with E-state index in [1.807, 2.05) is 60.7 Å². The van der Waals surface area contributed by atoms with Crippen LogP contribution in [0, 0.1) is 0 Å². The molecule has 28 heavy (non-hydrogen) atoms. The molecule has 5 aromatic rings. The Morgan fingerprint density at radius 2 is 1.79 bits per heavy atom. The molecule has 0 amide bonds. The zero-order valence-electron chi connectivity index (χ0n) is 14.7. The first-order chi connectivity index (χ1) is 13.7. The molecule has 3 heterocycles. The van der Waals surface area contributed by atoms with Crippen LogP contribution in [0.3, 0.4) is 0 Å². The number of aromatic nitrogens is 5. The molecule has 0 unspecified atom stereocenters. The van der Waals surface area contributed by atoms with Gasteiger partial charge < -0.3 is 0 Å². The average Bonchev–Trinajstić information content (AvgIpc) is 3.16. The molecule has 0 aliphatic rings. The Kier molecular flexibility index (Phi) is 3.91. The van der Waals surface area contributed by atoms with E-state index in [9.17, 15) is 4.79 Å². The second kappa shape index (κ2) is 6.58. The predicted octanol–water partition coefficient (Wildman–Crippen LogP) is 3.83. The Hall–Kier alpha value is -3.51. The highest BCUT2D eigenvalue weighted by Crippen LogP contribution is 2.21. The number of nitrogens with zero attached hydrogens (tertiary/aromatic N) is 5. The van der Waals surface area contributed by atoms with Crippen LogP contribution in [0.5, 0.6) is 0 Å². The summed E-state index contributed by atoms with van der Waals surface area (Å²) in [4.78, 5) is 21.8. The second-order valence-corrected chi connectivity index (χ2v) is 6.80. The van der Waals surface area contributed by atoms with Crippen molar-refractivity contribution in [2.75, 3.05) is 0 Å². The minimum Gasteiger partial charge on any atom is -0.294 e. The highest BCUT2D eigenvalue weighted by atomic mass is 35.5. The average molecular weight is 388 g/mol. The fraction of sp³-hybridized carbons (Fsp3) is 0.0476. The first-order valence-corrected chi connectivity index (χ1v) is 9.11. The monoisotopic (exact) mass is 387 g/mol. The molecule has 0 aliphatic carbocycles. The van der Waals surface area contributed by atoms with Crippen LogP contribution in [0.15, 0.2) is 78.0 Å². The van der Waals surface area contributed by atoms with Gasteiger partial charge in [-0.2, -0.15) is 5.10 Å². The highest BCUT2D eigenvalue weighted by molar-refractivity contribution is 6.30. The van der Waals surface area contributed by atoms with Crippen molar-refractivity contribution in [1.82, 2.24) is 24.3 Å². The molecule has 0 aliphatic heterocycles. The largest absolute Gasteiger partial charge is 0.294 e. The number of para-hydroxylation sites is 2. The SMILES string of the molecule is O=c1c2cnn(-c3ccccc3)c2ncn1Cc1cc2ccccc2nc1Cl. The van der Waals surface area contributed by atoms with Gasteiger partial charge in [0.25, 0.3) is 5.56 Å². The Bertz CT molecular complexity index is 1370. The van der Waals surface area contributed by atoms with Crippen molar-refractivity contribution in [3.05, 3.63) is 94.3 Å². The minimum atomic E-state index is -0.170. The van der Waals surface area contributed by atoms with E-state index in [4.69, 9.17) is 11.6 Å². The lowest BCUT2D eigenvalue weighted by Gasteiger charge is -2.09. The maximum Gasteiger partial charge on any atom is 0.264 e. The van der Waals surface area contributed by atoms with Crippen molar-refractivity contribution in [1.29, 1.82) is 0 Å². The molecular formula is C21H14ClN5O. The smallest absolute Gasteiger partial charge is 0.264 e. The molecule has 0 atom stereocenters. The maximum absolute atomic E-state index is 13.0. The number of rotatable bonds is 3. The third kappa shape index (κ3) is 2.75. The number of halogens is 1. The summed E-state index contributed by atoms with van der Waals surface area (Å²) in [5.41, 5.74) is 2.79. The predicted molar refractivity (Wildman–Crippen MR) is 109 cm³/mol. The van der Waals surface area contributed by atoms with E-state index in [-0.39, 0.29) is 12.1 Å². The Balaban J connectivity index is 1.58. The molecule has 0 radical (unpaired) electrons. The molecular weight excluding hydrogens is 374 g/mol. The van der Waals surface area contributed by atoms with Crippen LogP contribution >= 0.6 is 11.6 Å². The van der Waals surface area contributed by atoms with E-state index in [1.165, 1.54) is 10.9 Å². The van der Waals surface area contributed by atoms with Gasteiger partial charge in [-0.1, -0.05) is 48.0 Å². The first kappa shape index (κ1) is 16.6. The zero-order chi connectivity index (χ0) is 19.1. The summed E-state index contributed by atoms with van der Waals surface area (Å²) in [5, 5.41) is 6.14. The Morgan fingerprint density at radius 3 is 2.64 bits per heavy atom. The lowest BCUT2D eigenvalue weighted by atomic mass is 10.1. The standard InChI is InChI=1S/C21H14ClN5O/c22-19-15(10-14-6-4-5-9-18(14)25-19)12-26-13-23-20-17(21(26)28)11-24-27(20)16-7-2-1-3-8-16/h1-11,13H,12H2. The van der Waals surface area contributed by atoms with Gasteiger partial charge in [-0.3, -0.25) is 9.36 Å². The third-order valence-electron chi connectivity index (χ3n) is 4.65. The topological polar surface area (TPSA) is 65.6 Å². The molecule has 0 saturated carbocycles. The van der Waals surface area contributed by atoms with Crippen LogP contribution in [-0.2, 0) is 6.54 Å². The molecule has 2 aromatic carbocycles.